The molecule has 124 valence electrons. The van der Waals surface area contributed by atoms with E-state index in [2.05, 4.69) is 65.0 Å². The Bertz CT molecular complexity index is 975. The molecule has 2 aromatic carbocycles. The zero-order valence-corrected chi connectivity index (χ0v) is 14.9. The highest BCUT2D eigenvalue weighted by Gasteiger charge is 2.12. The van der Waals surface area contributed by atoms with Crippen LogP contribution in [0.4, 0.5) is 0 Å². The lowest BCUT2D eigenvalue weighted by molar-refractivity contribution is 0.724. The molecule has 0 aliphatic rings. The SMILES string of the molecule is Cc1ccc(CSc2nc3cccnc3n2Cc2ccccc2)cc1. The van der Waals surface area contributed by atoms with Gasteiger partial charge in [0.1, 0.15) is 5.52 Å². The number of hydrogen-bond donors (Lipinski definition) is 0. The lowest BCUT2D eigenvalue weighted by Crippen LogP contribution is -2.02. The summed E-state index contributed by atoms with van der Waals surface area (Å²) in [5, 5.41) is 1.01. The number of nitrogens with zero attached hydrogens (tertiary/aromatic N) is 3. The summed E-state index contributed by atoms with van der Waals surface area (Å²) in [4.78, 5) is 9.36. The Kier molecular flexibility index (Phi) is 4.53. The van der Waals surface area contributed by atoms with Gasteiger partial charge in [-0.15, -0.1) is 0 Å². The van der Waals surface area contributed by atoms with Crippen LogP contribution in [-0.4, -0.2) is 14.5 Å². The molecule has 25 heavy (non-hydrogen) atoms. The van der Waals surface area contributed by atoms with E-state index >= 15 is 0 Å². The van der Waals surface area contributed by atoms with Gasteiger partial charge in [-0.05, 0) is 30.2 Å². The molecule has 4 rings (SSSR count). The Morgan fingerprint density at radius 2 is 1.68 bits per heavy atom. The van der Waals surface area contributed by atoms with E-state index in [0.29, 0.717) is 0 Å². The van der Waals surface area contributed by atoms with Crippen molar-refractivity contribution in [1.29, 1.82) is 0 Å². The fourth-order valence-corrected chi connectivity index (χ4v) is 3.75. The average molecular weight is 345 g/mol. The molecule has 4 aromatic rings. The summed E-state index contributed by atoms with van der Waals surface area (Å²) in [7, 11) is 0. The molecule has 0 bridgehead atoms. The third kappa shape index (κ3) is 3.59. The Hall–Kier alpha value is -2.59. The van der Waals surface area contributed by atoms with Crippen LogP contribution < -0.4 is 0 Å². The van der Waals surface area contributed by atoms with Crippen LogP contribution in [0.1, 0.15) is 16.7 Å². The van der Waals surface area contributed by atoms with Crippen LogP contribution in [0.15, 0.2) is 78.1 Å². The topological polar surface area (TPSA) is 30.7 Å². The van der Waals surface area contributed by atoms with Crippen molar-refractivity contribution < 1.29 is 0 Å². The Morgan fingerprint density at radius 3 is 2.48 bits per heavy atom. The molecule has 2 aromatic heterocycles. The highest BCUT2D eigenvalue weighted by atomic mass is 32.2. The molecule has 0 amide bonds. The van der Waals surface area contributed by atoms with Gasteiger partial charge in [0.2, 0.25) is 0 Å². The highest BCUT2D eigenvalue weighted by molar-refractivity contribution is 7.98. The zero-order chi connectivity index (χ0) is 17.1. The quantitative estimate of drug-likeness (QED) is 0.473. The maximum absolute atomic E-state index is 4.80. The zero-order valence-electron chi connectivity index (χ0n) is 14.1. The van der Waals surface area contributed by atoms with Gasteiger partial charge in [-0.25, -0.2) is 9.97 Å². The van der Waals surface area contributed by atoms with Crippen molar-refractivity contribution in [2.45, 2.75) is 24.4 Å². The number of thioether (sulfide) groups is 1. The van der Waals surface area contributed by atoms with E-state index < -0.39 is 0 Å². The highest BCUT2D eigenvalue weighted by Crippen LogP contribution is 2.26. The predicted molar refractivity (Wildman–Crippen MR) is 104 cm³/mol. The van der Waals surface area contributed by atoms with Crippen LogP contribution in [0.3, 0.4) is 0 Å². The van der Waals surface area contributed by atoms with Crippen molar-refractivity contribution >= 4 is 22.9 Å². The van der Waals surface area contributed by atoms with E-state index in [1.165, 1.54) is 16.7 Å². The summed E-state index contributed by atoms with van der Waals surface area (Å²) in [5.74, 6) is 0.901. The molecule has 2 heterocycles. The first-order valence-electron chi connectivity index (χ1n) is 8.33. The second-order valence-corrected chi connectivity index (χ2v) is 7.03. The van der Waals surface area contributed by atoms with Crippen molar-refractivity contribution in [3.05, 3.63) is 89.6 Å². The van der Waals surface area contributed by atoms with Gasteiger partial charge >= 0.3 is 0 Å². The van der Waals surface area contributed by atoms with Gasteiger partial charge in [0.05, 0.1) is 6.54 Å². The number of pyridine rings is 1. The first-order valence-corrected chi connectivity index (χ1v) is 9.32. The van der Waals surface area contributed by atoms with Crippen molar-refractivity contribution in [2.75, 3.05) is 0 Å². The number of imidazole rings is 1. The third-order valence-corrected chi connectivity index (χ3v) is 5.19. The normalized spacial score (nSPS) is 11.1. The van der Waals surface area contributed by atoms with E-state index in [9.17, 15) is 0 Å². The Morgan fingerprint density at radius 1 is 0.880 bits per heavy atom. The van der Waals surface area contributed by atoms with Crippen molar-refractivity contribution in [2.24, 2.45) is 0 Å². The number of fused-ring (bicyclic) bond motifs is 1. The minimum Gasteiger partial charge on any atom is -0.299 e. The molecule has 0 aliphatic heterocycles. The van der Waals surface area contributed by atoms with Gasteiger partial charge in [-0.2, -0.15) is 0 Å². The lowest BCUT2D eigenvalue weighted by Gasteiger charge is -2.08. The van der Waals surface area contributed by atoms with Crippen molar-refractivity contribution in [3.8, 4) is 0 Å². The number of benzene rings is 2. The molecule has 3 nitrogen and oxygen atoms in total. The monoisotopic (exact) mass is 345 g/mol. The van der Waals surface area contributed by atoms with E-state index in [-0.39, 0.29) is 0 Å². The molecular formula is C21H19N3S. The minimum atomic E-state index is 0.782. The minimum absolute atomic E-state index is 0.782. The van der Waals surface area contributed by atoms with E-state index in [0.717, 1.165) is 28.6 Å². The molecule has 0 saturated carbocycles. The number of aryl methyl sites for hydroxylation is 1. The molecule has 0 N–H and O–H groups in total. The summed E-state index contributed by atoms with van der Waals surface area (Å²) >= 11 is 1.76. The standard InChI is InChI=1S/C21H19N3S/c1-16-9-11-18(12-10-16)15-25-21-23-19-8-5-13-22-20(19)24(21)14-17-6-3-2-4-7-17/h2-13H,14-15H2,1H3. The second kappa shape index (κ2) is 7.11. The maximum atomic E-state index is 4.80. The van der Waals surface area contributed by atoms with Gasteiger partial charge in [0.25, 0.3) is 0 Å². The van der Waals surface area contributed by atoms with Gasteiger partial charge in [-0.1, -0.05) is 71.9 Å². The van der Waals surface area contributed by atoms with Crippen LogP contribution in [-0.2, 0) is 12.3 Å². The third-order valence-electron chi connectivity index (χ3n) is 4.14. The number of rotatable bonds is 5. The number of hydrogen-bond acceptors (Lipinski definition) is 3. The summed E-state index contributed by atoms with van der Waals surface area (Å²) in [6, 6.07) is 23.1. The van der Waals surface area contributed by atoms with E-state index in [4.69, 9.17) is 4.98 Å². The summed E-state index contributed by atoms with van der Waals surface area (Å²) in [6.45, 7) is 2.90. The second-order valence-electron chi connectivity index (χ2n) is 6.09. The molecule has 0 aliphatic carbocycles. The van der Waals surface area contributed by atoms with Gasteiger partial charge in [0.15, 0.2) is 10.8 Å². The first kappa shape index (κ1) is 15.9. The Labute approximate surface area is 151 Å². The van der Waals surface area contributed by atoms with Gasteiger partial charge in [0, 0.05) is 11.9 Å². The largest absolute Gasteiger partial charge is 0.299 e. The predicted octanol–water partition coefficient (Wildman–Crippen LogP) is 5.08. The summed E-state index contributed by atoms with van der Waals surface area (Å²) in [5.41, 5.74) is 5.74. The maximum Gasteiger partial charge on any atom is 0.170 e. The van der Waals surface area contributed by atoms with Gasteiger partial charge in [-0.3, -0.25) is 4.57 Å². The van der Waals surface area contributed by atoms with Crippen LogP contribution >= 0.6 is 11.8 Å². The van der Waals surface area contributed by atoms with Crippen molar-refractivity contribution in [3.63, 3.8) is 0 Å². The molecule has 0 unspecified atom stereocenters. The fourth-order valence-electron chi connectivity index (χ4n) is 2.79. The molecule has 0 spiro atoms. The lowest BCUT2D eigenvalue weighted by atomic mass is 10.2. The number of aromatic nitrogens is 3. The molecule has 4 heteroatoms. The Balaban J connectivity index is 1.65. The summed E-state index contributed by atoms with van der Waals surface area (Å²) < 4.78 is 2.21. The average Bonchev–Trinajstić information content (AvgIpc) is 3.00. The molecular weight excluding hydrogens is 326 g/mol. The van der Waals surface area contributed by atoms with Crippen LogP contribution in [0.5, 0.6) is 0 Å². The summed E-state index contributed by atoms with van der Waals surface area (Å²) in [6.07, 6.45) is 1.83. The van der Waals surface area contributed by atoms with E-state index in [1.54, 1.807) is 11.8 Å². The molecule has 0 saturated heterocycles. The molecule has 0 atom stereocenters. The smallest absolute Gasteiger partial charge is 0.170 e. The van der Waals surface area contributed by atoms with E-state index in [1.807, 2.05) is 24.4 Å². The molecule has 0 radical (unpaired) electrons. The van der Waals surface area contributed by atoms with Crippen LogP contribution in [0, 0.1) is 6.92 Å². The van der Waals surface area contributed by atoms with Crippen molar-refractivity contribution in [1.82, 2.24) is 14.5 Å². The first-order chi connectivity index (χ1) is 12.3. The molecule has 0 fully saturated rings. The van der Waals surface area contributed by atoms with Crippen LogP contribution in [0.25, 0.3) is 11.2 Å². The van der Waals surface area contributed by atoms with Gasteiger partial charge < -0.3 is 0 Å². The van der Waals surface area contributed by atoms with Crippen LogP contribution in [0.2, 0.25) is 0 Å². The fraction of sp³-hybridized carbons (Fsp3) is 0.143.